The van der Waals surface area contributed by atoms with Crippen LogP contribution in [0.25, 0.3) is 11.3 Å². The van der Waals surface area contributed by atoms with E-state index in [2.05, 4.69) is 10.3 Å². The minimum absolute atomic E-state index is 0.158. The van der Waals surface area contributed by atoms with Gasteiger partial charge < -0.3 is 5.32 Å². The number of nitrogens with one attached hydrogen (secondary N) is 1. The number of thiazole rings is 1. The van der Waals surface area contributed by atoms with Gasteiger partial charge in [-0.3, -0.25) is 4.79 Å². The topological polar surface area (TPSA) is 42.0 Å². The molecule has 6 heteroatoms. The van der Waals surface area contributed by atoms with Gasteiger partial charge in [0.15, 0.2) is 5.13 Å². The number of hydrogen-bond donors (Lipinski definition) is 1. The summed E-state index contributed by atoms with van der Waals surface area (Å²) in [6.45, 7) is 0. The van der Waals surface area contributed by atoms with Crippen molar-refractivity contribution >= 4 is 45.6 Å². The summed E-state index contributed by atoms with van der Waals surface area (Å²) in [7, 11) is 0. The number of aromatic nitrogens is 1. The number of benzene rings is 1. The summed E-state index contributed by atoms with van der Waals surface area (Å²) in [6, 6.07) is 5.34. The van der Waals surface area contributed by atoms with E-state index in [0.717, 1.165) is 48.3 Å². The van der Waals surface area contributed by atoms with Gasteiger partial charge in [0.2, 0.25) is 5.91 Å². The lowest BCUT2D eigenvalue weighted by molar-refractivity contribution is -0.140. The van der Waals surface area contributed by atoms with E-state index in [1.807, 2.05) is 11.4 Å². The number of anilines is 1. The zero-order chi connectivity index (χ0) is 17.9. The minimum Gasteiger partial charge on any atom is -0.301 e. The Morgan fingerprint density at radius 1 is 1.12 bits per heavy atom. The van der Waals surface area contributed by atoms with Gasteiger partial charge in [0.1, 0.15) is 0 Å². The molecule has 0 unspecified atom stereocenters. The SMILES string of the molecule is O=C(Nc1nc(-c2cc(Cl)ccc2Cl)cs1)C12CC3CC(CC(C3)C1)C2. The van der Waals surface area contributed by atoms with Crippen LogP contribution < -0.4 is 5.32 Å². The molecule has 1 aromatic heterocycles. The average Bonchev–Trinajstić information content (AvgIpc) is 3.04. The molecule has 4 bridgehead atoms. The van der Waals surface area contributed by atoms with Gasteiger partial charge in [0, 0.05) is 16.0 Å². The first-order valence-electron chi connectivity index (χ1n) is 9.23. The van der Waals surface area contributed by atoms with E-state index in [-0.39, 0.29) is 11.3 Å². The van der Waals surface area contributed by atoms with Crippen LogP contribution in [0.1, 0.15) is 38.5 Å². The number of hydrogen-bond acceptors (Lipinski definition) is 3. The normalized spacial score (nSPS) is 32.0. The largest absolute Gasteiger partial charge is 0.301 e. The fraction of sp³-hybridized carbons (Fsp3) is 0.500. The molecule has 2 aromatic rings. The summed E-state index contributed by atoms with van der Waals surface area (Å²) in [4.78, 5) is 17.7. The molecule has 1 amide bonds. The molecule has 1 N–H and O–H groups in total. The molecule has 1 aromatic carbocycles. The zero-order valence-corrected chi connectivity index (χ0v) is 16.6. The van der Waals surface area contributed by atoms with Crippen molar-refractivity contribution in [1.29, 1.82) is 0 Å². The third-order valence-electron chi connectivity index (χ3n) is 6.45. The molecule has 4 fully saturated rings. The van der Waals surface area contributed by atoms with Crippen LogP contribution >= 0.6 is 34.5 Å². The van der Waals surface area contributed by atoms with Crippen molar-refractivity contribution in [2.45, 2.75) is 38.5 Å². The number of halogens is 2. The maximum absolute atomic E-state index is 13.1. The van der Waals surface area contributed by atoms with Crippen molar-refractivity contribution in [1.82, 2.24) is 4.98 Å². The molecule has 3 nitrogen and oxygen atoms in total. The van der Waals surface area contributed by atoms with E-state index < -0.39 is 0 Å². The third kappa shape index (κ3) is 2.87. The molecule has 0 saturated heterocycles. The first kappa shape index (κ1) is 17.0. The third-order valence-corrected chi connectivity index (χ3v) is 7.77. The van der Waals surface area contributed by atoms with Crippen LogP contribution in [-0.4, -0.2) is 10.9 Å². The number of carbonyl (C=O) groups is 1. The molecule has 6 rings (SSSR count). The van der Waals surface area contributed by atoms with Gasteiger partial charge in [0.25, 0.3) is 0 Å². The second kappa shape index (κ2) is 6.22. The second-order valence-corrected chi connectivity index (χ2v) is 10.0. The van der Waals surface area contributed by atoms with Gasteiger partial charge >= 0.3 is 0 Å². The zero-order valence-electron chi connectivity index (χ0n) is 14.3. The average molecular weight is 407 g/mol. The van der Waals surface area contributed by atoms with Crippen molar-refractivity contribution in [3.63, 3.8) is 0 Å². The molecule has 0 aliphatic heterocycles. The Labute approximate surface area is 167 Å². The Bertz CT molecular complexity index is 843. The molecular weight excluding hydrogens is 387 g/mol. The van der Waals surface area contributed by atoms with Crippen molar-refractivity contribution in [3.05, 3.63) is 33.6 Å². The summed E-state index contributed by atoms with van der Waals surface area (Å²) in [5.41, 5.74) is 1.39. The van der Waals surface area contributed by atoms with E-state index in [1.165, 1.54) is 30.6 Å². The molecule has 0 radical (unpaired) electrons. The number of nitrogens with zero attached hydrogens (tertiary/aromatic N) is 1. The lowest BCUT2D eigenvalue weighted by Gasteiger charge is -2.55. The molecule has 4 saturated carbocycles. The Balaban J connectivity index is 1.37. The van der Waals surface area contributed by atoms with E-state index in [1.54, 1.807) is 12.1 Å². The van der Waals surface area contributed by atoms with Crippen molar-refractivity contribution in [2.75, 3.05) is 5.32 Å². The van der Waals surface area contributed by atoms with E-state index >= 15 is 0 Å². The molecule has 4 aliphatic carbocycles. The number of carbonyl (C=O) groups excluding carboxylic acids is 1. The summed E-state index contributed by atoms with van der Waals surface area (Å²) in [6.07, 6.45) is 7.18. The van der Waals surface area contributed by atoms with Gasteiger partial charge in [-0.25, -0.2) is 4.98 Å². The van der Waals surface area contributed by atoms with Crippen molar-refractivity contribution in [2.24, 2.45) is 23.2 Å². The molecule has 0 spiro atoms. The number of amides is 1. The first-order chi connectivity index (χ1) is 12.5. The Kier molecular flexibility index (Phi) is 4.07. The van der Waals surface area contributed by atoms with Crippen LogP contribution in [0.4, 0.5) is 5.13 Å². The predicted octanol–water partition coefficient (Wildman–Crippen LogP) is 6.27. The van der Waals surface area contributed by atoms with Crippen LogP contribution in [0.5, 0.6) is 0 Å². The second-order valence-electron chi connectivity index (χ2n) is 8.31. The van der Waals surface area contributed by atoms with Crippen LogP contribution in [-0.2, 0) is 4.79 Å². The quantitative estimate of drug-likeness (QED) is 0.651. The molecule has 136 valence electrons. The van der Waals surface area contributed by atoms with Crippen LogP contribution in [0, 0.1) is 23.2 Å². The van der Waals surface area contributed by atoms with Crippen LogP contribution in [0.2, 0.25) is 10.0 Å². The highest BCUT2D eigenvalue weighted by Gasteiger charge is 2.54. The summed E-state index contributed by atoms with van der Waals surface area (Å²) >= 11 is 13.8. The molecule has 4 aliphatic rings. The maximum Gasteiger partial charge on any atom is 0.232 e. The highest BCUT2D eigenvalue weighted by Crippen LogP contribution is 2.60. The smallest absolute Gasteiger partial charge is 0.232 e. The van der Waals surface area contributed by atoms with Gasteiger partial charge in [-0.1, -0.05) is 23.2 Å². The van der Waals surface area contributed by atoms with Crippen molar-refractivity contribution < 1.29 is 4.79 Å². The Morgan fingerprint density at radius 2 is 1.77 bits per heavy atom. The van der Waals surface area contributed by atoms with Crippen LogP contribution in [0.15, 0.2) is 23.6 Å². The number of rotatable bonds is 3. The van der Waals surface area contributed by atoms with Gasteiger partial charge in [-0.15, -0.1) is 11.3 Å². The van der Waals surface area contributed by atoms with E-state index in [0.29, 0.717) is 15.2 Å². The Hall–Kier alpha value is -1.10. The summed E-state index contributed by atoms with van der Waals surface area (Å²) in [5.74, 6) is 2.44. The molecule has 0 atom stereocenters. The van der Waals surface area contributed by atoms with Gasteiger partial charge in [0.05, 0.1) is 16.1 Å². The Morgan fingerprint density at radius 3 is 2.42 bits per heavy atom. The first-order valence-corrected chi connectivity index (χ1v) is 10.9. The molecule has 1 heterocycles. The summed E-state index contributed by atoms with van der Waals surface area (Å²) < 4.78 is 0. The fourth-order valence-corrected chi connectivity index (χ4v) is 6.86. The van der Waals surface area contributed by atoms with Gasteiger partial charge in [-0.2, -0.15) is 0 Å². The minimum atomic E-state index is -0.158. The molecular formula is C20H20Cl2N2OS. The fourth-order valence-electron chi connectivity index (χ4n) is 5.77. The monoisotopic (exact) mass is 406 g/mol. The van der Waals surface area contributed by atoms with Crippen LogP contribution in [0.3, 0.4) is 0 Å². The maximum atomic E-state index is 13.1. The van der Waals surface area contributed by atoms with E-state index in [4.69, 9.17) is 23.2 Å². The van der Waals surface area contributed by atoms with Crippen molar-refractivity contribution in [3.8, 4) is 11.3 Å². The van der Waals surface area contributed by atoms with Gasteiger partial charge in [-0.05, 0) is 74.5 Å². The molecule has 26 heavy (non-hydrogen) atoms. The lowest BCUT2D eigenvalue weighted by atomic mass is 9.49. The lowest BCUT2D eigenvalue weighted by Crippen LogP contribution is -2.51. The predicted molar refractivity (Wildman–Crippen MR) is 107 cm³/mol. The highest BCUT2D eigenvalue weighted by molar-refractivity contribution is 7.14. The standard InChI is InChI=1S/C20H20Cl2N2OS/c21-14-1-2-16(22)15(6-14)17-10-26-19(23-17)24-18(25)20-7-11-3-12(8-20)5-13(4-11)9-20/h1-2,6,10-13H,3-5,7-9H2,(H,23,24,25). The van der Waals surface area contributed by atoms with E-state index in [9.17, 15) is 4.79 Å². The highest BCUT2D eigenvalue weighted by atomic mass is 35.5. The summed E-state index contributed by atoms with van der Waals surface area (Å²) in [5, 5.41) is 6.92.